The van der Waals surface area contributed by atoms with Crippen molar-refractivity contribution in [1.82, 2.24) is 0 Å². The lowest BCUT2D eigenvalue weighted by Crippen LogP contribution is -2.03. The van der Waals surface area contributed by atoms with Crippen LogP contribution in [0.2, 0.25) is 0 Å². The topological polar surface area (TPSA) is 21.8 Å². The molecule has 1 aliphatic rings. The molecule has 70 valence electrons. The zero-order chi connectivity index (χ0) is 9.47. The number of benzene rings is 1. The van der Waals surface area contributed by atoms with Gasteiger partial charge in [0.2, 0.25) is 0 Å². The number of halogens is 1. The van der Waals surface area contributed by atoms with Gasteiger partial charge in [-0.15, -0.1) is 0 Å². The molecule has 1 heterocycles. The van der Waals surface area contributed by atoms with Crippen molar-refractivity contribution in [2.45, 2.75) is 12.5 Å². The summed E-state index contributed by atoms with van der Waals surface area (Å²) in [5.41, 5.74) is 1.06. The molecular weight excluding hydrogens is 232 g/mol. The Hall–Kier alpha value is -0.540. The van der Waals surface area contributed by atoms with Crippen LogP contribution in [0.1, 0.15) is 12.5 Å². The Bertz CT molecular complexity index is 332. The lowest BCUT2D eigenvalue weighted by atomic mass is 10.0. The fourth-order valence-corrected chi connectivity index (χ4v) is 2.19. The number of ether oxygens (including phenoxy) is 2. The molecular formula is C10H11BrO2. The van der Waals surface area contributed by atoms with E-state index in [1.807, 2.05) is 12.1 Å². The van der Waals surface area contributed by atoms with E-state index in [0.717, 1.165) is 22.4 Å². The highest BCUT2D eigenvalue weighted by atomic mass is 79.9. The highest BCUT2D eigenvalue weighted by Crippen LogP contribution is 2.44. The first kappa shape index (κ1) is 9.03. The van der Waals surface area contributed by atoms with Gasteiger partial charge in [0.15, 0.2) is 0 Å². The molecule has 1 aromatic rings. The lowest BCUT2D eigenvalue weighted by molar-refractivity contribution is 0.326. The zero-order valence-corrected chi connectivity index (χ0v) is 9.22. The van der Waals surface area contributed by atoms with Crippen LogP contribution < -0.4 is 4.74 Å². The summed E-state index contributed by atoms with van der Waals surface area (Å²) in [5.74, 6) is 0.856. The van der Waals surface area contributed by atoms with Crippen molar-refractivity contribution in [3.63, 3.8) is 0 Å². The van der Waals surface area contributed by atoms with Crippen LogP contribution in [0.3, 0.4) is 0 Å². The third-order valence-corrected chi connectivity index (χ3v) is 3.15. The highest BCUT2D eigenvalue weighted by molar-refractivity contribution is 9.10. The van der Waals surface area contributed by atoms with Gasteiger partial charge in [-0.2, -0.15) is 0 Å². The molecule has 0 bridgehead atoms. The Morgan fingerprint density at radius 2 is 2.23 bits per heavy atom. The Morgan fingerprint density at radius 3 is 2.77 bits per heavy atom. The van der Waals surface area contributed by atoms with E-state index in [1.165, 1.54) is 0 Å². The maximum absolute atomic E-state index is 5.38. The molecule has 1 saturated heterocycles. The van der Waals surface area contributed by atoms with Crippen LogP contribution in [0.25, 0.3) is 0 Å². The van der Waals surface area contributed by atoms with Crippen LogP contribution in [0.4, 0.5) is 0 Å². The number of methoxy groups -OCH3 is 1. The van der Waals surface area contributed by atoms with Crippen molar-refractivity contribution in [3.05, 3.63) is 28.2 Å². The number of hydrogen-bond donors (Lipinski definition) is 0. The summed E-state index contributed by atoms with van der Waals surface area (Å²) >= 11 is 3.51. The first-order valence-corrected chi connectivity index (χ1v) is 4.93. The van der Waals surface area contributed by atoms with Gasteiger partial charge in [0.1, 0.15) is 11.4 Å². The minimum Gasteiger partial charge on any atom is -0.496 e. The van der Waals surface area contributed by atoms with Gasteiger partial charge in [0.05, 0.1) is 18.2 Å². The predicted molar refractivity (Wildman–Crippen MR) is 54.0 cm³/mol. The van der Waals surface area contributed by atoms with Crippen molar-refractivity contribution < 1.29 is 9.47 Å². The molecule has 1 atom stereocenters. The van der Waals surface area contributed by atoms with Gasteiger partial charge in [0.25, 0.3) is 0 Å². The maximum atomic E-state index is 5.38. The van der Waals surface area contributed by atoms with Crippen LogP contribution in [-0.4, -0.2) is 13.7 Å². The van der Waals surface area contributed by atoms with E-state index in [9.17, 15) is 0 Å². The zero-order valence-electron chi connectivity index (χ0n) is 7.63. The fraction of sp³-hybridized carbons (Fsp3) is 0.400. The average molecular weight is 243 g/mol. The van der Waals surface area contributed by atoms with Gasteiger partial charge >= 0.3 is 0 Å². The van der Waals surface area contributed by atoms with E-state index in [0.29, 0.717) is 0 Å². The standard InChI is InChI=1S/C10H11BrO2/c1-10(6-13-10)7-4-3-5-8(12-2)9(7)11/h3-5H,6H2,1-2H3. The van der Waals surface area contributed by atoms with Crippen LogP contribution in [0.15, 0.2) is 22.7 Å². The lowest BCUT2D eigenvalue weighted by Gasteiger charge is -2.11. The van der Waals surface area contributed by atoms with E-state index < -0.39 is 0 Å². The van der Waals surface area contributed by atoms with E-state index in [-0.39, 0.29) is 5.60 Å². The number of hydrogen-bond acceptors (Lipinski definition) is 2. The SMILES string of the molecule is COc1cccc(C2(C)CO2)c1Br. The van der Waals surface area contributed by atoms with Gasteiger partial charge < -0.3 is 9.47 Å². The minimum atomic E-state index is -0.104. The van der Waals surface area contributed by atoms with Crippen molar-refractivity contribution in [3.8, 4) is 5.75 Å². The molecule has 2 nitrogen and oxygen atoms in total. The van der Waals surface area contributed by atoms with E-state index in [4.69, 9.17) is 9.47 Å². The molecule has 1 aromatic carbocycles. The largest absolute Gasteiger partial charge is 0.496 e. The fourth-order valence-electron chi connectivity index (χ4n) is 1.34. The second kappa shape index (κ2) is 3.00. The Morgan fingerprint density at radius 1 is 1.54 bits per heavy atom. The molecule has 1 aliphatic heterocycles. The Labute approximate surface area is 86.0 Å². The Kier molecular flexibility index (Phi) is 2.08. The molecule has 0 N–H and O–H groups in total. The molecule has 13 heavy (non-hydrogen) atoms. The summed E-state index contributed by atoms with van der Waals surface area (Å²) < 4.78 is 11.6. The summed E-state index contributed by atoms with van der Waals surface area (Å²) in [6, 6.07) is 5.96. The molecule has 1 unspecified atom stereocenters. The first-order valence-electron chi connectivity index (χ1n) is 4.14. The molecule has 0 radical (unpaired) electrons. The molecule has 3 heteroatoms. The predicted octanol–water partition coefficient (Wildman–Crippen LogP) is 2.70. The van der Waals surface area contributed by atoms with Crippen molar-refractivity contribution in [1.29, 1.82) is 0 Å². The average Bonchev–Trinajstić information content (AvgIpc) is 2.85. The maximum Gasteiger partial charge on any atom is 0.133 e. The Balaban J connectivity index is 2.46. The van der Waals surface area contributed by atoms with E-state index >= 15 is 0 Å². The molecule has 2 rings (SSSR count). The quantitative estimate of drug-likeness (QED) is 0.745. The second-order valence-corrected chi connectivity index (χ2v) is 4.13. The van der Waals surface area contributed by atoms with Crippen LogP contribution in [-0.2, 0) is 10.3 Å². The third-order valence-electron chi connectivity index (χ3n) is 2.33. The van der Waals surface area contributed by atoms with Crippen LogP contribution >= 0.6 is 15.9 Å². The summed E-state index contributed by atoms with van der Waals surface area (Å²) in [7, 11) is 1.67. The van der Waals surface area contributed by atoms with Crippen LogP contribution in [0, 0.1) is 0 Å². The van der Waals surface area contributed by atoms with Gasteiger partial charge in [0, 0.05) is 5.56 Å². The number of rotatable bonds is 2. The van der Waals surface area contributed by atoms with Gasteiger partial charge in [-0.3, -0.25) is 0 Å². The van der Waals surface area contributed by atoms with Gasteiger partial charge in [-0.25, -0.2) is 0 Å². The molecule has 0 aromatic heterocycles. The molecule has 0 amide bonds. The second-order valence-electron chi connectivity index (χ2n) is 3.34. The monoisotopic (exact) mass is 242 g/mol. The van der Waals surface area contributed by atoms with Crippen molar-refractivity contribution in [2.24, 2.45) is 0 Å². The molecule has 0 spiro atoms. The van der Waals surface area contributed by atoms with E-state index in [2.05, 4.69) is 28.9 Å². The molecule has 0 saturated carbocycles. The highest BCUT2D eigenvalue weighted by Gasteiger charge is 2.42. The van der Waals surface area contributed by atoms with E-state index in [1.54, 1.807) is 7.11 Å². The first-order chi connectivity index (χ1) is 6.17. The smallest absolute Gasteiger partial charge is 0.133 e. The third kappa shape index (κ3) is 1.46. The van der Waals surface area contributed by atoms with Gasteiger partial charge in [-0.1, -0.05) is 12.1 Å². The number of epoxide rings is 1. The van der Waals surface area contributed by atoms with Crippen molar-refractivity contribution in [2.75, 3.05) is 13.7 Å². The summed E-state index contributed by atoms with van der Waals surface area (Å²) in [4.78, 5) is 0. The van der Waals surface area contributed by atoms with Gasteiger partial charge in [-0.05, 0) is 28.9 Å². The summed E-state index contributed by atoms with van der Waals surface area (Å²) in [5, 5.41) is 0. The summed E-state index contributed by atoms with van der Waals surface area (Å²) in [6.07, 6.45) is 0. The van der Waals surface area contributed by atoms with Crippen molar-refractivity contribution >= 4 is 15.9 Å². The minimum absolute atomic E-state index is 0.104. The molecule has 0 aliphatic carbocycles. The normalized spacial score (nSPS) is 25.8. The summed E-state index contributed by atoms with van der Waals surface area (Å²) in [6.45, 7) is 2.87. The molecule has 1 fully saturated rings. The van der Waals surface area contributed by atoms with Crippen LogP contribution in [0.5, 0.6) is 5.75 Å².